The van der Waals surface area contributed by atoms with Crippen LogP contribution in [0.25, 0.3) is 0 Å². The van der Waals surface area contributed by atoms with E-state index in [1.807, 2.05) is 6.92 Å². The van der Waals surface area contributed by atoms with Crippen LogP contribution in [0.4, 0.5) is 0 Å². The molecule has 0 bridgehead atoms. The Morgan fingerprint density at radius 1 is 0.882 bits per heavy atom. The van der Waals surface area contributed by atoms with Gasteiger partial charge in [0.25, 0.3) is 0 Å². The Bertz CT molecular complexity index is 969. The van der Waals surface area contributed by atoms with E-state index in [9.17, 15) is 15.0 Å². The molecule has 4 saturated carbocycles. The Hall–Kier alpha value is -0.870. The second-order valence-electron chi connectivity index (χ2n) is 15.1. The van der Waals surface area contributed by atoms with Crippen LogP contribution < -0.4 is 0 Å². The molecule has 0 amide bonds. The number of ether oxygens (including phenoxy) is 1. The van der Waals surface area contributed by atoms with Crippen LogP contribution in [0.2, 0.25) is 0 Å². The minimum atomic E-state index is -0.584. The Kier molecular flexibility index (Phi) is 4.51. The molecule has 0 aromatic carbocycles. The van der Waals surface area contributed by atoms with Crippen molar-refractivity contribution in [1.29, 1.82) is 0 Å². The summed E-state index contributed by atoms with van der Waals surface area (Å²) in [7, 11) is 0. The van der Waals surface area contributed by atoms with Crippen LogP contribution in [0.1, 0.15) is 99.8 Å². The smallest absolute Gasteiger partial charge is 0.316 e. The maximum Gasteiger partial charge on any atom is 0.316 e. The summed E-state index contributed by atoms with van der Waals surface area (Å²) in [4.78, 5) is 12.6. The van der Waals surface area contributed by atoms with Crippen molar-refractivity contribution in [2.75, 3.05) is 0 Å². The molecule has 1 aliphatic heterocycles. The van der Waals surface area contributed by atoms with Gasteiger partial charge in [-0.05, 0) is 97.7 Å². The highest BCUT2D eigenvalue weighted by atomic mass is 16.6. The molecule has 6 rings (SSSR count). The fraction of sp³-hybridized carbons (Fsp3) is 0.900. The summed E-state index contributed by atoms with van der Waals surface area (Å²) in [5.74, 6) is 1.27. The third-order valence-corrected chi connectivity index (χ3v) is 13.8. The van der Waals surface area contributed by atoms with Gasteiger partial charge < -0.3 is 14.9 Å². The minimum absolute atomic E-state index is 0.0357. The molecule has 0 radical (unpaired) electrons. The highest BCUT2D eigenvalue weighted by Gasteiger charge is 2.72. The molecule has 0 spiro atoms. The van der Waals surface area contributed by atoms with Crippen LogP contribution >= 0.6 is 0 Å². The lowest BCUT2D eigenvalue weighted by atomic mass is 9.33. The van der Waals surface area contributed by atoms with Crippen molar-refractivity contribution < 1.29 is 19.7 Å². The van der Waals surface area contributed by atoms with Gasteiger partial charge in [-0.2, -0.15) is 0 Å². The van der Waals surface area contributed by atoms with E-state index < -0.39 is 11.5 Å². The average Bonchev–Trinajstić information content (AvgIpc) is 2.76. The number of hydrogen-bond acceptors (Lipinski definition) is 4. The van der Waals surface area contributed by atoms with Crippen LogP contribution in [0.5, 0.6) is 0 Å². The first-order chi connectivity index (χ1) is 15.7. The SMILES string of the molecule is CC1(C)[C@@H](O)CC[C@]2(C)[C@H]3CC=C4[C@H]5C[C@@]6(C)C(=O)O[C@@H]6[C@H](O)[C@]5(C)CC[C@@]4(C)[C@]3(C)CC[C@@H]12. The van der Waals surface area contributed by atoms with Gasteiger partial charge >= 0.3 is 5.97 Å². The van der Waals surface area contributed by atoms with Crippen LogP contribution in [0, 0.1) is 50.2 Å². The molecule has 5 aliphatic carbocycles. The lowest BCUT2D eigenvalue weighted by Gasteiger charge is -2.72. The van der Waals surface area contributed by atoms with Crippen molar-refractivity contribution in [2.24, 2.45) is 50.2 Å². The van der Waals surface area contributed by atoms with E-state index in [2.05, 4.69) is 47.6 Å². The maximum absolute atomic E-state index is 12.6. The normalized spacial score (nSPS) is 59.7. The number of carbonyl (C=O) groups excluding carboxylic acids is 1. The summed E-state index contributed by atoms with van der Waals surface area (Å²) in [5.41, 5.74) is 1.26. The molecule has 11 atom stereocenters. The van der Waals surface area contributed by atoms with Gasteiger partial charge in [-0.15, -0.1) is 0 Å². The van der Waals surface area contributed by atoms with Crippen molar-refractivity contribution in [3.8, 4) is 0 Å². The summed E-state index contributed by atoms with van der Waals surface area (Å²) in [6.07, 6.45) is 9.85. The van der Waals surface area contributed by atoms with Crippen LogP contribution in [0.3, 0.4) is 0 Å². The minimum Gasteiger partial charge on any atom is -0.458 e. The molecule has 2 N–H and O–H groups in total. The van der Waals surface area contributed by atoms with Crippen molar-refractivity contribution >= 4 is 5.97 Å². The van der Waals surface area contributed by atoms with Gasteiger partial charge in [-0.25, -0.2) is 0 Å². The number of rotatable bonds is 0. The Morgan fingerprint density at radius 3 is 2.26 bits per heavy atom. The molecule has 0 unspecified atom stereocenters. The molecule has 190 valence electrons. The van der Waals surface area contributed by atoms with E-state index in [0.717, 1.165) is 38.5 Å². The molecular weight excluding hydrogens is 424 g/mol. The molecule has 4 heteroatoms. The quantitative estimate of drug-likeness (QED) is 0.354. The van der Waals surface area contributed by atoms with Crippen LogP contribution in [0.15, 0.2) is 11.6 Å². The van der Waals surface area contributed by atoms with Gasteiger partial charge in [0, 0.05) is 5.41 Å². The van der Waals surface area contributed by atoms with E-state index in [-0.39, 0.29) is 51.2 Å². The van der Waals surface area contributed by atoms with Crippen LogP contribution in [-0.4, -0.2) is 34.5 Å². The molecule has 0 aromatic heterocycles. The third kappa shape index (κ3) is 2.37. The summed E-state index contributed by atoms with van der Waals surface area (Å²) in [5, 5.41) is 22.4. The first-order valence-electron chi connectivity index (χ1n) is 13.9. The standard InChI is InChI=1S/C30H46O4/c1-25(2)19-10-13-30(7)20(27(19,4)12-11-21(25)31)9-8-17-18-16-28(5)23(34-24(28)33)22(32)26(18,3)14-15-29(17,30)6/h8,18-23,31-32H,9-16H2,1-7H3/t18-,19+,20-,21+,22+,23-,26-,27+,28-,29-,30-/m1/s1. The molecule has 5 fully saturated rings. The fourth-order valence-electron chi connectivity index (χ4n) is 11.1. The van der Waals surface area contributed by atoms with E-state index in [1.165, 1.54) is 18.4 Å². The molecule has 1 saturated heterocycles. The van der Waals surface area contributed by atoms with Gasteiger partial charge in [-0.3, -0.25) is 4.79 Å². The third-order valence-electron chi connectivity index (χ3n) is 13.8. The number of fused-ring (bicyclic) bond motifs is 8. The molecule has 0 aromatic rings. The summed E-state index contributed by atoms with van der Waals surface area (Å²) in [6, 6.07) is 0. The number of esters is 1. The predicted octanol–water partition coefficient (Wildman–Crippen LogP) is 5.66. The second-order valence-corrected chi connectivity index (χ2v) is 15.1. The topological polar surface area (TPSA) is 66.8 Å². The molecule has 6 aliphatic rings. The van der Waals surface area contributed by atoms with Crippen molar-refractivity contribution in [1.82, 2.24) is 0 Å². The van der Waals surface area contributed by atoms with E-state index in [1.54, 1.807) is 0 Å². The highest BCUT2D eigenvalue weighted by molar-refractivity contribution is 5.83. The number of carbonyl (C=O) groups is 1. The zero-order valence-corrected chi connectivity index (χ0v) is 22.4. The molecule has 4 nitrogen and oxygen atoms in total. The van der Waals surface area contributed by atoms with Gasteiger partial charge in [0.2, 0.25) is 0 Å². The first kappa shape index (κ1) is 23.5. The Labute approximate surface area is 205 Å². The molecule has 34 heavy (non-hydrogen) atoms. The molecule has 1 heterocycles. The number of aliphatic hydroxyl groups excluding tert-OH is 2. The lowest BCUT2D eigenvalue weighted by molar-refractivity contribution is -0.266. The molecular formula is C30H46O4. The predicted molar refractivity (Wildman–Crippen MR) is 132 cm³/mol. The van der Waals surface area contributed by atoms with Crippen LogP contribution in [-0.2, 0) is 9.53 Å². The highest BCUT2D eigenvalue weighted by Crippen LogP contribution is 2.76. The van der Waals surface area contributed by atoms with E-state index in [0.29, 0.717) is 11.8 Å². The summed E-state index contributed by atoms with van der Waals surface area (Å²) in [6.45, 7) is 16.5. The van der Waals surface area contributed by atoms with Crippen molar-refractivity contribution in [3.63, 3.8) is 0 Å². The number of hydrogen-bond donors (Lipinski definition) is 2. The second kappa shape index (κ2) is 6.52. The zero-order chi connectivity index (χ0) is 24.7. The van der Waals surface area contributed by atoms with Gasteiger partial charge in [-0.1, -0.05) is 53.2 Å². The Balaban J connectivity index is 1.43. The number of allylic oxidation sites excluding steroid dienone is 2. The van der Waals surface area contributed by atoms with Crippen molar-refractivity contribution in [3.05, 3.63) is 11.6 Å². The summed E-state index contributed by atoms with van der Waals surface area (Å²) < 4.78 is 5.51. The zero-order valence-electron chi connectivity index (χ0n) is 22.4. The summed E-state index contributed by atoms with van der Waals surface area (Å²) >= 11 is 0. The average molecular weight is 471 g/mol. The monoisotopic (exact) mass is 470 g/mol. The van der Waals surface area contributed by atoms with Crippen molar-refractivity contribution in [2.45, 2.75) is 118 Å². The number of aliphatic hydroxyl groups is 2. The van der Waals surface area contributed by atoms with E-state index >= 15 is 0 Å². The van der Waals surface area contributed by atoms with Gasteiger partial charge in [0.1, 0.15) is 11.5 Å². The maximum atomic E-state index is 12.6. The largest absolute Gasteiger partial charge is 0.458 e. The van der Waals surface area contributed by atoms with Gasteiger partial charge in [0.15, 0.2) is 0 Å². The Morgan fingerprint density at radius 2 is 1.59 bits per heavy atom. The first-order valence-corrected chi connectivity index (χ1v) is 13.9. The fourth-order valence-corrected chi connectivity index (χ4v) is 11.1. The van der Waals surface area contributed by atoms with Gasteiger partial charge in [0.05, 0.1) is 12.2 Å². The lowest BCUT2D eigenvalue weighted by Crippen LogP contribution is -2.71. The van der Waals surface area contributed by atoms with E-state index in [4.69, 9.17) is 4.74 Å².